The highest BCUT2D eigenvalue weighted by Crippen LogP contribution is 2.33. The Kier molecular flexibility index (Phi) is 5.81. The van der Waals surface area contributed by atoms with Gasteiger partial charge in [-0.05, 0) is 60.3 Å². The second-order valence-corrected chi connectivity index (χ2v) is 10.6. The van der Waals surface area contributed by atoms with Gasteiger partial charge < -0.3 is 9.80 Å². The summed E-state index contributed by atoms with van der Waals surface area (Å²) in [5.74, 6) is -0.305. The molecule has 8 nitrogen and oxygen atoms in total. The number of nitrogens with zero attached hydrogens (tertiary/aromatic N) is 5. The van der Waals surface area contributed by atoms with E-state index in [0.717, 1.165) is 12.0 Å². The summed E-state index contributed by atoms with van der Waals surface area (Å²) in [6.45, 7) is 9.45. The van der Waals surface area contributed by atoms with Crippen LogP contribution in [0, 0.1) is 6.92 Å². The molecule has 1 N–H and O–H groups in total. The van der Waals surface area contributed by atoms with Crippen molar-refractivity contribution in [2.75, 3.05) is 32.5 Å². The molecule has 170 valence electrons. The van der Waals surface area contributed by atoms with E-state index in [1.165, 1.54) is 11.3 Å². The van der Waals surface area contributed by atoms with Crippen molar-refractivity contribution in [1.29, 1.82) is 0 Å². The summed E-state index contributed by atoms with van der Waals surface area (Å²) in [5, 5.41) is 8.02. The molecule has 0 unspecified atom stereocenters. The molecule has 3 heterocycles. The van der Waals surface area contributed by atoms with Gasteiger partial charge in [-0.3, -0.25) is 14.9 Å². The van der Waals surface area contributed by atoms with Gasteiger partial charge in [0.25, 0.3) is 11.8 Å². The maximum absolute atomic E-state index is 13.4. The van der Waals surface area contributed by atoms with Crippen LogP contribution < -0.4 is 5.32 Å². The number of carbonyl (C=O) groups is 2. The predicted molar refractivity (Wildman–Crippen MR) is 128 cm³/mol. The normalized spacial score (nSPS) is 16.8. The number of carbonyl (C=O) groups excluding carboxylic acids is 2. The third-order valence-corrected chi connectivity index (χ3v) is 6.74. The Bertz CT molecular complexity index is 1160. The van der Waals surface area contributed by atoms with Gasteiger partial charge in [0.15, 0.2) is 16.5 Å². The number of likely N-dealkylation sites (tertiary alicyclic amines) is 1. The van der Waals surface area contributed by atoms with E-state index in [1.54, 1.807) is 16.8 Å². The minimum Gasteiger partial charge on any atom is -0.336 e. The van der Waals surface area contributed by atoms with E-state index in [1.807, 2.05) is 58.8 Å². The molecule has 1 aliphatic heterocycles. The second-order valence-electron chi connectivity index (χ2n) is 9.58. The van der Waals surface area contributed by atoms with E-state index in [2.05, 4.69) is 20.3 Å². The van der Waals surface area contributed by atoms with Gasteiger partial charge in [0.1, 0.15) is 4.70 Å². The number of aromatic nitrogens is 3. The van der Waals surface area contributed by atoms with E-state index in [0.29, 0.717) is 45.9 Å². The minimum atomic E-state index is -0.361. The van der Waals surface area contributed by atoms with Gasteiger partial charge in [-0.25, -0.2) is 4.68 Å². The molecule has 4 rings (SSSR count). The molecular formula is C23H30N6O2S. The van der Waals surface area contributed by atoms with Crippen LogP contribution in [0.1, 0.15) is 53.6 Å². The van der Waals surface area contributed by atoms with Crippen molar-refractivity contribution in [2.45, 2.75) is 45.7 Å². The summed E-state index contributed by atoms with van der Waals surface area (Å²) >= 11 is 1.30. The molecule has 2 amide bonds. The van der Waals surface area contributed by atoms with Crippen LogP contribution in [0.25, 0.3) is 10.3 Å². The SMILES string of the molecule is Cc1ccc(C(=O)Nc2nc3c(s2)c(C(=O)N2CC[C@H](N(C)C)C2)nn3C(C)(C)C)cc1. The molecule has 1 saturated heterocycles. The lowest BCUT2D eigenvalue weighted by molar-refractivity contribution is 0.0777. The number of nitrogens with one attached hydrogen (secondary N) is 1. The summed E-state index contributed by atoms with van der Waals surface area (Å²) in [4.78, 5) is 34.7. The minimum absolute atomic E-state index is 0.0811. The third-order valence-electron chi connectivity index (χ3n) is 5.78. The molecule has 3 aromatic rings. The molecule has 0 bridgehead atoms. The van der Waals surface area contributed by atoms with Crippen molar-refractivity contribution in [3.05, 3.63) is 41.1 Å². The molecular weight excluding hydrogens is 424 g/mol. The zero-order valence-electron chi connectivity index (χ0n) is 19.5. The van der Waals surface area contributed by atoms with Crippen molar-refractivity contribution in [2.24, 2.45) is 0 Å². The Balaban J connectivity index is 1.66. The summed E-state index contributed by atoms with van der Waals surface area (Å²) in [6, 6.07) is 7.73. The van der Waals surface area contributed by atoms with Gasteiger partial charge >= 0.3 is 0 Å². The molecule has 1 atom stereocenters. The number of rotatable bonds is 4. The van der Waals surface area contributed by atoms with Crippen LogP contribution in [0.3, 0.4) is 0 Å². The summed E-state index contributed by atoms with van der Waals surface area (Å²) in [5.41, 5.74) is 2.32. The Morgan fingerprint density at radius 2 is 1.88 bits per heavy atom. The van der Waals surface area contributed by atoms with Crippen LogP contribution in [-0.2, 0) is 5.54 Å². The summed E-state index contributed by atoms with van der Waals surface area (Å²) in [6.07, 6.45) is 0.947. The molecule has 0 radical (unpaired) electrons. The highest BCUT2D eigenvalue weighted by Gasteiger charge is 2.33. The monoisotopic (exact) mass is 454 g/mol. The Morgan fingerprint density at radius 3 is 2.47 bits per heavy atom. The zero-order chi connectivity index (χ0) is 23.2. The van der Waals surface area contributed by atoms with Gasteiger partial charge in [-0.2, -0.15) is 10.1 Å². The van der Waals surface area contributed by atoms with Crippen LogP contribution in [0.15, 0.2) is 24.3 Å². The standard InChI is InChI=1S/C23H30N6O2S/c1-14-7-9-15(10-8-14)20(30)25-22-24-19-18(32-22)17(26-29(19)23(2,3)4)21(31)28-12-11-16(13-28)27(5)6/h7-10,16H,11-13H2,1-6H3,(H,24,25,30)/t16-/m0/s1. The molecule has 1 aromatic carbocycles. The lowest BCUT2D eigenvalue weighted by atomic mass is 10.1. The molecule has 0 saturated carbocycles. The summed E-state index contributed by atoms with van der Waals surface area (Å²) < 4.78 is 2.49. The topological polar surface area (TPSA) is 83.4 Å². The molecule has 1 aliphatic rings. The average Bonchev–Trinajstić information content (AvgIpc) is 3.42. The van der Waals surface area contributed by atoms with Crippen molar-refractivity contribution < 1.29 is 9.59 Å². The predicted octanol–water partition coefficient (Wildman–Crippen LogP) is 3.58. The van der Waals surface area contributed by atoms with E-state index in [-0.39, 0.29) is 17.4 Å². The first kappa shape index (κ1) is 22.4. The first-order valence-corrected chi connectivity index (χ1v) is 11.6. The molecule has 1 fully saturated rings. The first-order chi connectivity index (χ1) is 15.0. The number of hydrogen-bond donors (Lipinski definition) is 1. The van der Waals surface area contributed by atoms with Crippen LogP contribution in [0.4, 0.5) is 5.13 Å². The molecule has 32 heavy (non-hydrogen) atoms. The Hall–Kier alpha value is -2.78. The van der Waals surface area contributed by atoms with Crippen LogP contribution in [0.2, 0.25) is 0 Å². The largest absolute Gasteiger partial charge is 0.336 e. The van der Waals surface area contributed by atoms with Gasteiger partial charge in [0, 0.05) is 24.7 Å². The number of benzene rings is 1. The quantitative estimate of drug-likeness (QED) is 0.651. The summed E-state index contributed by atoms with van der Waals surface area (Å²) in [7, 11) is 4.08. The first-order valence-electron chi connectivity index (χ1n) is 10.8. The molecule has 0 spiro atoms. The van der Waals surface area contributed by atoms with Gasteiger partial charge in [0.2, 0.25) is 0 Å². The number of aryl methyl sites for hydroxylation is 1. The smallest absolute Gasteiger partial charge is 0.275 e. The average molecular weight is 455 g/mol. The van der Waals surface area contributed by atoms with Crippen LogP contribution >= 0.6 is 11.3 Å². The van der Waals surface area contributed by atoms with E-state index in [9.17, 15) is 9.59 Å². The van der Waals surface area contributed by atoms with E-state index < -0.39 is 0 Å². The van der Waals surface area contributed by atoms with Gasteiger partial charge in [-0.1, -0.05) is 29.0 Å². The Morgan fingerprint density at radius 1 is 1.19 bits per heavy atom. The highest BCUT2D eigenvalue weighted by atomic mass is 32.1. The number of likely N-dealkylation sites (N-methyl/N-ethyl adjacent to an activating group) is 1. The Labute approximate surface area is 192 Å². The van der Waals surface area contributed by atoms with Gasteiger partial charge in [-0.15, -0.1) is 0 Å². The van der Waals surface area contributed by atoms with E-state index in [4.69, 9.17) is 0 Å². The van der Waals surface area contributed by atoms with Crippen LogP contribution in [0.5, 0.6) is 0 Å². The second kappa shape index (κ2) is 8.29. The molecule has 2 aromatic heterocycles. The highest BCUT2D eigenvalue weighted by molar-refractivity contribution is 7.22. The zero-order valence-corrected chi connectivity index (χ0v) is 20.3. The van der Waals surface area contributed by atoms with Crippen molar-refractivity contribution in [3.8, 4) is 0 Å². The maximum atomic E-state index is 13.4. The van der Waals surface area contributed by atoms with Crippen molar-refractivity contribution >= 4 is 38.6 Å². The number of fused-ring (bicyclic) bond motifs is 1. The van der Waals surface area contributed by atoms with E-state index >= 15 is 0 Å². The number of anilines is 1. The number of amides is 2. The number of thiazole rings is 1. The fourth-order valence-corrected chi connectivity index (χ4v) is 4.75. The van der Waals surface area contributed by atoms with Gasteiger partial charge in [0.05, 0.1) is 5.54 Å². The fourth-order valence-electron chi connectivity index (χ4n) is 3.84. The van der Waals surface area contributed by atoms with Crippen molar-refractivity contribution in [3.63, 3.8) is 0 Å². The van der Waals surface area contributed by atoms with Crippen LogP contribution in [-0.4, -0.2) is 69.6 Å². The fraction of sp³-hybridized carbons (Fsp3) is 0.478. The lowest BCUT2D eigenvalue weighted by Gasteiger charge is -2.20. The third kappa shape index (κ3) is 4.27. The molecule has 9 heteroatoms. The molecule has 0 aliphatic carbocycles. The lowest BCUT2D eigenvalue weighted by Crippen LogP contribution is -2.35. The number of hydrogen-bond acceptors (Lipinski definition) is 6. The maximum Gasteiger partial charge on any atom is 0.275 e. The van der Waals surface area contributed by atoms with Crippen molar-refractivity contribution in [1.82, 2.24) is 24.6 Å².